The van der Waals surface area contributed by atoms with Crippen LogP contribution in [0.25, 0.3) is 11.4 Å². The van der Waals surface area contributed by atoms with Crippen molar-refractivity contribution in [2.45, 2.75) is 30.8 Å². The van der Waals surface area contributed by atoms with Crippen LogP contribution in [-0.2, 0) is 4.79 Å². The number of aryl methyl sites for hydroxylation is 1. The second kappa shape index (κ2) is 8.69. The topological polar surface area (TPSA) is 85.0 Å². The second-order valence-electron chi connectivity index (χ2n) is 6.89. The quantitative estimate of drug-likeness (QED) is 0.468. The van der Waals surface area contributed by atoms with Gasteiger partial charge in [0.25, 0.3) is 0 Å². The highest BCUT2D eigenvalue weighted by atomic mass is 32.2. The molecule has 1 aliphatic rings. The molecule has 2 aromatic heterocycles. The van der Waals surface area contributed by atoms with E-state index in [1.807, 2.05) is 17.9 Å². The summed E-state index contributed by atoms with van der Waals surface area (Å²) < 4.78 is 18.5. The summed E-state index contributed by atoms with van der Waals surface area (Å²) in [6.45, 7) is 3.19. The minimum Gasteiger partial charge on any atom is -0.342 e. The van der Waals surface area contributed by atoms with Gasteiger partial charge in [-0.3, -0.25) is 4.79 Å². The highest BCUT2D eigenvalue weighted by molar-refractivity contribution is 7.99. The average molecular weight is 413 g/mol. The molecule has 0 atom stereocenters. The molecule has 1 amide bonds. The molecule has 150 valence electrons. The molecule has 3 aromatic rings. The number of hydrogen-bond acceptors (Lipinski definition) is 7. The molecule has 1 saturated heterocycles. The van der Waals surface area contributed by atoms with Crippen molar-refractivity contribution in [2.24, 2.45) is 0 Å². The molecule has 0 N–H and O–H groups in total. The normalized spacial score (nSPS) is 14.9. The Bertz CT molecular complexity index is 987. The summed E-state index contributed by atoms with van der Waals surface area (Å²) in [4.78, 5) is 27.3. The van der Waals surface area contributed by atoms with E-state index in [0.29, 0.717) is 41.3 Å². The first-order valence-electron chi connectivity index (χ1n) is 9.38. The van der Waals surface area contributed by atoms with Crippen LogP contribution in [0.3, 0.4) is 0 Å². The fourth-order valence-electron chi connectivity index (χ4n) is 3.21. The summed E-state index contributed by atoms with van der Waals surface area (Å²) in [6, 6.07) is 7.82. The van der Waals surface area contributed by atoms with Crippen molar-refractivity contribution in [3.05, 3.63) is 53.9 Å². The van der Waals surface area contributed by atoms with Crippen LogP contribution >= 0.6 is 11.8 Å². The monoisotopic (exact) mass is 413 g/mol. The van der Waals surface area contributed by atoms with Gasteiger partial charge in [-0.2, -0.15) is 4.98 Å². The molecule has 3 heterocycles. The Morgan fingerprint density at radius 1 is 1.21 bits per heavy atom. The van der Waals surface area contributed by atoms with Crippen LogP contribution < -0.4 is 0 Å². The van der Waals surface area contributed by atoms with Gasteiger partial charge in [0.05, 0.1) is 5.75 Å². The fourth-order valence-corrected chi connectivity index (χ4v) is 3.99. The molecule has 1 aromatic carbocycles. The molecule has 9 heteroatoms. The third-order valence-corrected chi connectivity index (χ3v) is 5.68. The van der Waals surface area contributed by atoms with E-state index in [1.54, 1.807) is 18.3 Å². The maximum atomic E-state index is 13.1. The van der Waals surface area contributed by atoms with Gasteiger partial charge in [-0.05, 0) is 50.1 Å². The highest BCUT2D eigenvalue weighted by Crippen LogP contribution is 2.29. The van der Waals surface area contributed by atoms with Gasteiger partial charge in [-0.25, -0.2) is 14.4 Å². The zero-order chi connectivity index (χ0) is 20.2. The minimum atomic E-state index is -0.304. The Balaban J connectivity index is 1.30. The van der Waals surface area contributed by atoms with Crippen molar-refractivity contribution in [1.82, 2.24) is 25.0 Å². The fraction of sp³-hybridized carbons (Fsp3) is 0.350. The van der Waals surface area contributed by atoms with Crippen LogP contribution in [0.15, 0.2) is 46.2 Å². The van der Waals surface area contributed by atoms with Crippen LogP contribution in [-0.4, -0.2) is 49.8 Å². The molecule has 7 nitrogen and oxygen atoms in total. The van der Waals surface area contributed by atoms with Gasteiger partial charge in [-0.15, -0.1) is 0 Å². The molecule has 1 aliphatic heterocycles. The molecular formula is C20H20FN5O2S. The van der Waals surface area contributed by atoms with Gasteiger partial charge in [0.2, 0.25) is 17.6 Å². The summed E-state index contributed by atoms with van der Waals surface area (Å²) in [5.41, 5.74) is 1.60. The third-order valence-electron chi connectivity index (χ3n) is 4.84. The Hall–Kier alpha value is -2.81. The van der Waals surface area contributed by atoms with Gasteiger partial charge in [0.1, 0.15) is 5.82 Å². The lowest BCUT2D eigenvalue weighted by Crippen LogP contribution is -2.39. The number of hydrogen-bond donors (Lipinski definition) is 0. The summed E-state index contributed by atoms with van der Waals surface area (Å²) in [7, 11) is 0. The first kappa shape index (κ1) is 19.5. The van der Waals surface area contributed by atoms with Gasteiger partial charge in [-0.1, -0.05) is 16.9 Å². The predicted molar refractivity (Wildman–Crippen MR) is 106 cm³/mol. The van der Waals surface area contributed by atoms with E-state index in [-0.39, 0.29) is 17.6 Å². The van der Waals surface area contributed by atoms with Crippen LogP contribution in [0, 0.1) is 12.7 Å². The SMILES string of the molecule is Cc1ccnc(SCC(=O)N2CCC(c3nc(-c4ccc(F)cc4)no3)CC2)n1. The predicted octanol–water partition coefficient (Wildman–Crippen LogP) is 3.47. The number of rotatable bonds is 5. The average Bonchev–Trinajstić information content (AvgIpc) is 3.23. The van der Waals surface area contributed by atoms with Crippen LogP contribution in [0.2, 0.25) is 0 Å². The van der Waals surface area contributed by atoms with Crippen molar-refractivity contribution in [1.29, 1.82) is 0 Å². The summed E-state index contributed by atoms with van der Waals surface area (Å²) >= 11 is 1.35. The van der Waals surface area contributed by atoms with E-state index < -0.39 is 0 Å². The number of carbonyl (C=O) groups is 1. The Morgan fingerprint density at radius 2 is 1.97 bits per heavy atom. The van der Waals surface area contributed by atoms with Crippen molar-refractivity contribution in [3.63, 3.8) is 0 Å². The molecular weight excluding hydrogens is 393 g/mol. The molecule has 0 unspecified atom stereocenters. The number of carbonyl (C=O) groups excluding carboxylic acids is 1. The highest BCUT2D eigenvalue weighted by Gasteiger charge is 2.27. The minimum absolute atomic E-state index is 0.0797. The number of amides is 1. The Morgan fingerprint density at radius 3 is 2.69 bits per heavy atom. The smallest absolute Gasteiger partial charge is 0.233 e. The van der Waals surface area contributed by atoms with Crippen molar-refractivity contribution < 1.29 is 13.7 Å². The second-order valence-corrected chi connectivity index (χ2v) is 7.83. The summed E-state index contributed by atoms with van der Waals surface area (Å²) in [5, 5.41) is 4.63. The van der Waals surface area contributed by atoms with Gasteiger partial charge < -0.3 is 9.42 Å². The Labute approximate surface area is 171 Å². The molecule has 0 spiro atoms. The lowest BCUT2D eigenvalue weighted by molar-refractivity contribution is -0.129. The van der Waals surface area contributed by atoms with E-state index >= 15 is 0 Å². The molecule has 4 rings (SSSR count). The summed E-state index contributed by atoms with van der Waals surface area (Å²) in [5.74, 6) is 1.24. The molecule has 0 bridgehead atoms. The van der Waals surface area contributed by atoms with E-state index in [4.69, 9.17) is 4.52 Å². The van der Waals surface area contributed by atoms with Crippen LogP contribution in [0.1, 0.15) is 30.3 Å². The van der Waals surface area contributed by atoms with Crippen molar-refractivity contribution >= 4 is 17.7 Å². The van der Waals surface area contributed by atoms with Gasteiger partial charge >= 0.3 is 0 Å². The number of nitrogens with zero attached hydrogens (tertiary/aromatic N) is 5. The number of piperidine rings is 1. The van der Waals surface area contributed by atoms with E-state index in [1.165, 1.54) is 23.9 Å². The lowest BCUT2D eigenvalue weighted by atomic mass is 9.97. The molecule has 0 radical (unpaired) electrons. The van der Waals surface area contributed by atoms with E-state index in [0.717, 1.165) is 18.5 Å². The zero-order valence-electron chi connectivity index (χ0n) is 15.9. The number of likely N-dealkylation sites (tertiary alicyclic amines) is 1. The Kier molecular flexibility index (Phi) is 5.84. The molecule has 29 heavy (non-hydrogen) atoms. The van der Waals surface area contributed by atoms with Gasteiger partial charge in [0, 0.05) is 36.5 Å². The maximum Gasteiger partial charge on any atom is 0.233 e. The number of benzene rings is 1. The summed E-state index contributed by atoms with van der Waals surface area (Å²) in [6.07, 6.45) is 3.23. The van der Waals surface area contributed by atoms with E-state index in [2.05, 4.69) is 20.1 Å². The lowest BCUT2D eigenvalue weighted by Gasteiger charge is -2.30. The van der Waals surface area contributed by atoms with Gasteiger partial charge in [0.15, 0.2) is 5.16 Å². The first-order valence-corrected chi connectivity index (χ1v) is 10.4. The van der Waals surface area contributed by atoms with Crippen molar-refractivity contribution in [2.75, 3.05) is 18.8 Å². The zero-order valence-corrected chi connectivity index (χ0v) is 16.7. The molecule has 1 fully saturated rings. The largest absolute Gasteiger partial charge is 0.342 e. The maximum absolute atomic E-state index is 13.1. The molecule has 0 aliphatic carbocycles. The standard InChI is InChI=1S/C20H20FN5O2S/c1-13-6-9-22-20(23-13)29-12-17(27)26-10-7-15(8-11-26)19-24-18(25-28-19)14-2-4-16(21)5-3-14/h2-6,9,15H,7-8,10-12H2,1H3. The third kappa shape index (κ3) is 4.79. The van der Waals surface area contributed by atoms with Crippen molar-refractivity contribution in [3.8, 4) is 11.4 Å². The van der Waals surface area contributed by atoms with Crippen LogP contribution in [0.5, 0.6) is 0 Å². The number of halogens is 1. The molecule has 0 saturated carbocycles. The number of thioether (sulfide) groups is 1. The first-order chi connectivity index (χ1) is 14.1. The van der Waals surface area contributed by atoms with E-state index in [9.17, 15) is 9.18 Å². The van der Waals surface area contributed by atoms with Crippen LogP contribution in [0.4, 0.5) is 4.39 Å². The number of aromatic nitrogens is 4.